The molecule has 5 N–H and O–H groups in total. The zero-order valence-corrected chi connectivity index (χ0v) is 16.2. The van der Waals surface area contributed by atoms with Gasteiger partial charge in [-0.1, -0.05) is 5.21 Å². The lowest BCUT2D eigenvalue weighted by Gasteiger charge is -2.23. The molecule has 3 aromatic rings. The Morgan fingerprint density at radius 1 is 1.23 bits per heavy atom. The molecule has 2 fully saturated rings. The van der Waals surface area contributed by atoms with Crippen molar-refractivity contribution in [1.82, 2.24) is 19.6 Å². The van der Waals surface area contributed by atoms with Crippen LogP contribution in [0.3, 0.4) is 0 Å². The third-order valence-corrected chi connectivity index (χ3v) is 5.96. The standard InChI is InChI=1S/C19H19F2N7O3/c20-13-15(23)12-16(27(8-1-2-8)5-9(18(12)29)19(30)31)14(21)17(13)26-6-10(22)11(7-26)28-4-3-24-25-28/h3-5,8,10-11H,1-2,6-7,22-23H2,(H,30,31)/t10-,11+/m0/s1. The lowest BCUT2D eigenvalue weighted by molar-refractivity contribution is 0.0695. The second-order valence-electron chi connectivity index (χ2n) is 7.95. The van der Waals surface area contributed by atoms with Gasteiger partial charge < -0.3 is 26.0 Å². The summed E-state index contributed by atoms with van der Waals surface area (Å²) >= 11 is 0. The first kappa shape index (κ1) is 19.4. The van der Waals surface area contributed by atoms with Crippen molar-refractivity contribution >= 4 is 28.2 Å². The van der Waals surface area contributed by atoms with Crippen LogP contribution in [-0.4, -0.2) is 49.8 Å². The first-order valence-electron chi connectivity index (χ1n) is 9.74. The number of carboxylic acids is 1. The minimum atomic E-state index is -1.48. The highest BCUT2D eigenvalue weighted by Crippen LogP contribution is 2.42. The monoisotopic (exact) mass is 431 g/mol. The third kappa shape index (κ3) is 2.86. The first-order valence-corrected chi connectivity index (χ1v) is 9.74. The topological polar surface area (TPSA) is 145 Å². The van der Waals surface area contributed by atoms with Crippen LogP contribution in [-0.2, 0) is 0 Å². The summed E-state index contributed by atoms with van der Waals surface area (Å²) < 4.78 is 34.0. The number of nitrogens with zero attached hydrogens (tertiary/aromatic N) is 5. The molecule has 31 heavy (non-hydrogen) atoms. The maximum Gasteiger partial charge on any atom is 0.341 e. The summed E-state index contributed by atoms with van der Waals surface area (Å²) in [5.74, 6) is -3.56. The van der Waals surface area contributed by atoms with Gasteiger partial charge in [-0.25, -0.2) is 18.3 Å². The molecule has 2 aliphatic rings. The van der Waals surface area contributed by atoms with Gasteiger partial charge in [0, 0.05) is 37.6 Å². The van der Waals surface area contributed by atoms with E-state index in [1.807, 2.05) is 0 Å². The number of fused-ring (bicyclic) bond motifs is 1. The van der Waals surface area contributed by atoms with Crippen molar-refractivity contribution in [2.45, 2.75) is 31.0 Å². The van der Waals surface area contributed by atoms with E-state index < -0.39 is 45.7 Å². The molecule has 3 heterocycles. The van der Waals surface area contributed by atoms with Crippen molar-refractivity contribution in [2.75, 3.05) is 23.7 Å². The van der Waals surface area contributed by atoms with Crippen LogP contribution in [0.5, 0.6) is 0 Å². The van der Waals surface area contributed by atoms with Gasteiger partial charge in [0.25, 0.3) is 0 Å². The molecule has 1 aliphatic heterocycles. The molecule has 10 nitrogen and oxygen atoms in total. The van der Waals surface area contributed by atoms with E-state index in [0.717, 1.165) is 6.20 Å². The van der Waals surface area contributed by atoms with Gasteiger partial charge in [-0.15, -0.1) is 5.10 Å². The average Bonchev–Trinajstić information content (AvgIpc) is 3.28. The van der Waals surface area contributed by atoms with E-state index in [-0.39, 0.29) is 36.4 Å². The highest BCUT2D eigenvalue weighted by Gasteiger charge is 2.38. The van der Waals surface area contributed by atoms with Gasteiger partial charge in [-0.05, 0) is 12.8 Å². The summed E-state index contributed by atoms with van der Waals surface area (Å²) in [6, 6.07) is -1.02. The molecular weight excluding hydrogens is 412 g/mol. The summed E-state index contributed by atoms with van der Waals surface area (Å²) in [4.78, 5) is 25.7. The zero-order chi connectivity index (χ0) is 22.0. The predicted molar refractivity (Wildman–Crippen MR) is 107 cm³/mol. The van der Waals surface area contributed by atoms with Crippen molar-refractivity contribution in [1.29, 1.82) is 0 Å². The molecule has 1 saturated carbocycles. The maximum absolute atomic E-state index is 15.8. The smallest absolute Gasteiger partial charge is 0.341 e. The van der Waals surface area contributed by atoms with Crippen molar-refractivity contribution < 1.29 is 18.7 Å². The van der Waals surface area contributed by atoms with Crippen LogP contribution in [0, 0.1) is 11.6 Å². The Hall–Kier alpha value is -3.54. The Morgan fingerprint density at radius 2 is 1.97 bits per heavy atom. The van der Waals surface area contributed by atoms with Gasteiger partial charge >= 0.3 is 5.97 Å². The number of benzene rings is 1. The SMILES string of the molecule is Nc1c(F)c(N2C[C@@H](n3ccnn3)[C@@H](N)C2)c(F)c2c1c(=O)c(C(=O)O)cn2C1CC1. The van der Waals surface area contributed by atoms with Gasteiger partial charge in [0.05, 0.1) is 28.8 Å². The van der Waals surface area contributed by atoms with Gasteiger partial charge in [-0.2, -0.15) is 0 Å². The fourth-order valence-electron chi connectivity index (χ4n) is 4.29. The minimum Gasteiger partial charge on any atom is -0.477 e. The number of nitrogen functional groups attached to an aromatic ring is 1. The van der Waals surface area contributed by atoms with Gasteiger partial charge in [-0.3, -0.25) is 4.79 Å². The Bertz CT molecular complexity index is 1270. The molecular formula is C19H19F2N7O3. The van der Waals surface area contributed by atoms with Crippen LogP contribution in [0.25, 0.3) is 10.9 Å². The number of carbonyl (C=O) groups is 1. The van der Waals surface area contributed by atoms with E-state index in [0.29, 0.717) is 12.8 Å². The van der Waals surface area contributed by atoms with E-state index in [1.54, 1.807) is 6.20 Å². The highest BCUT2D eigenvalue weighted by molar-refractivity contribution is 5.99. The Balaban J connectivity index is 1.72. The lowest BCUT2D eigenvalue weighted by Crippen LogP contribution is -2.31. The number of pyridine rings is 1. The van der Waals surface area contributed by atoms with Crippen molar-refractivity contribution in [3.8, 4) is 0 Å². The van der Waals surface area contributed by atoms with E-state index >= 15 is 8.78 Å². The van der Waals surface area contributed by atoms with Crippen LogP contribution in [0.15, 0.2) is 23.4 Å². The molecule has 12 heteroatoms. The molecule has 1 aromatic carbocycles. The summed E-state index contributed by atoms with van der Waals surface area (Å²) in [7, 11) is 0. The molecule has 5 rings (SSSR count). The van der Waals surface area contributed by atoms with Crippen LogP contribution < -0.4 is 21.8 Å². The van der Waals surface area contributed by atoms with E-state index in [2.05, 4.69) is 10.3 Å². The second kappa shape index (κ2) is 6.74. The number of nitrogens with two attached hydrogens (primary N) is 2. The number of aromatic carboxylic acids is 1. The number of carboxylic acid groups (broad SMARTS) is 1. The molecule has 0 spiro atoms. The van der Waals surface area contributed by atoms with Crippen LogP contribution in [0.4, 0.5) is 20.2 Å². The van der Waals surface area contributed by atoms with E-state index in [1.165, 1.54) is 20.3 Å². The Morgan fingerprint density at radius 3 is 2.58 bits per heavy atom. The highest BCUT2D eigenvalue weighted by atomic mass is 19.1. The van der Waals surface area contributed by atoms with Gasteiger partial charge in [0.15, 0.2) is 11.6 Å². The average molecular weight is 431 g/mol. The van der Waals surface area contributed by atoms with Crippen LogP contribution >= 0.6 is 0 Å². The summed E-state index contributed by atoms with van der Waals surface area (Å²) in [6.07, 6.45) is 5.59. The molecule has 2 aromatic heterocycles. The number of anilines is 2. The van der Waals surface area contributed by atoms with Crippen molar-refractivity contribution in [3.05, 3.63) is 46.0 Å². The molecule has 0 radical (unpaired) electrons. The number of rotatable bonds is 4. The number of halogens is 2. The summed E-state index contributed by atoms with van der Waals surface area (Å²) in [5.41, 5.74) is 9.39. The third-order valence-electron chi connectivity index (χ3n) is 5.96. The predicted octanol–water partition coefficient (Wildman–Crippen LogP) is 0.875. The normalized spacial score (nSPS) is 21.2. The quantitative estimate of drug-likeness (QED) is 0.516. The molecule has 1 saturated heterocycles. The number of hydrogen-bond acceptors (Lipinski definition) is 7. The van der Waals surface area contributed by atoms with Gasteiger partial charge in [0.2, 0.25) is 5.43 Å². The van der Waals surface area contributed by atoms with Crippen molar-refractivity contribution in [2.24, 2.45) is 5.73 Å². The summed E-state index contributed by atoms with van der Waals surface area (Å²) in [5, 5.41) is 16.6. The Labute approximate surface area is 173 Å². The second-order valence-corrected chi connectivity index (χ2v) is 7.95. The van der Waals surface area contributed by atoms with E-state index in [9.17, 15) is 14.7 Å². The minimum absolute atomic E-state index is 0.129. The fourth-order valence-corrected chi connectivity index (χ4v) is 4.29. The number of aromatic nitrogens is 4. The molecule has 0 bridgehead atoms. The maximum atomic E-state index is 15.8. The summed E-state index contributed by atoms with van der Waals surface area (Å²) in [6.45, 7) is 0.286. The molecule has 1 aliphatic carbocycles. The zero-order valence-electron chi connectivity index (χ0n) is 16.2. The first-order chi connectivity index (χ1) is 14.8. The Kier molecular flexibility index (Phi) is 4.22. The van der Waals surface area contributed by atoms with Crippen LogP contribution in [0.2, 0.25) is 0 Å². The number of hydrogen-bond donors (Lipinski definition) is 3. The molecule has 0 unspecified atom stereocenters. The largest absolute Gasteiger partial charge is 0.477 e. The fraction of sp³-hybridized carbons (Fsp3) is 0.368. The van der Waals surface area contributed by atoms with Crippen LogP contribution in [0.1, 0.15) is 35.3 Å². The van der Waals surface area contributed by atoms with Crippen molar-refractivity contribution in [3.63, 3.8) is 0 Å². The molecule has 0 amide bonds. The molecule has 2 atom stereocenters. The molecule has 162 valence electrons. The lowest BCUT2D eigenvalue weighted by atomic mass is 10.1. The van der Waals surface area contributed by atoms with Gasteiger partial charge in [0.1, 0.15) is 11.3 Å². The van der Waals surface area contributed by atoms with E-state index in [4.69, 9.17) is 11.5 Å².